The van der Waals surface area contributed by atoms with E-state index in [1.54, 1.807) is 6.20 Å². The molecule has 0 fully saturated rings. The Labute approximate surface area is 116 Å². The van der Waals surface area contributed by atoms with Gasteiger partial charge in [-0.25, -0.2) is 4.98 Å². The Kier molecular flexibility index (Phi) is 6.93. The molecule has 0 aliphatic rings. The largest absolute Gasteiger partial charge is 0.370 e. The van der Waals surface area contributed by atoms with Gasteiger partial charge < -0.3 is 10.6 Å². The molecule has 1 heterocycles. The van der Waals surface area contributed by atoms with Crippen LogP contribution in [0.5, 0.6) is 0 Å². The third-order valence-corrected chi connectivity index (χ3v) is 2.73. The smallest absolute Gasteiger partial charge is 0.224 e. The number of rotatable bonds is 8. The highest BCUT2D eigenvalue weighted by Crippen LogP contribution is 2.11. The number of carbonyl (C=O) groups is 1. The molecule has 1 aromatic rings. The molecule has 0 bridgehead atoms. The Morgan fingerprint density at radius 1 is 1.32 bits per heavy atom. The van der Waals surface area contributed by atoms with Crippen molar-refractivity contribution >= 4 is 17.4 Å². The lowest BCUT2D eigenvalue weighted by atomic mass is 10.1. The highest BCUT2D eigenvalue weighted by molar-refractivity contribution is 5.90. The molecular weight excluding hydrogens is 238 g/mol. The van der Waals surface area contributed by atoms with Crippen LogP contribution < -0.4 is 10.6 Å². The van der Waals surface area contributed by atoms with E-state index in [9.17, 15) is 4.79 Å². The molecule has 0 unspecified atom stereocenters. The molecule has 2 N–H and O–H groups in total. The fourth-order valence-corrected chi connectivity index (χ4v) is 1.75. The highest BCUT2D eigenvalue weighted by atomic mass is 16.1. The number of amides is 1. The van der Waals surface area contributed by atoms with Crippen molar-refractivity contribution in [3.05, 3.63) is 18.3 Å². The van der Waals surface area contributed by atoms with Crippen LogP contribution in [0, 0.1) is 5.92 Å². The van der Waals surface area contributed by atoms with Gasteiger partial charge in [0.2, 0.25) is 5.91 Å². The molecule has 0 radical (unpaired) electrons. The van der Waals surface area contributed by atoms with E-state index in [4.69, 9.17) is 0 Å². The number of nitrogens with zero attached hydrogens (tertiary/aromatic N) is 1. The number of pyridine rings is 1. The minimum absolute atomic E-state index is 0.0421. The third-order valence-electron chi connectivity index (χ3n) is 2.73. The lowest BCUT2D eigenvalue weighted by Gasteiger charge is -2.08. The van der Waals surface area contributed by atoms with Crippen LogP contribution in [0.4, 0.5) is 11.5 Å². The van der Waals surface area contributed by atoms with E-state index >= 15 is 0 Å². The second kappa shape index (κ2) is 8.51. The van der Waals surface area contributed by atoms with Crippen LogP contribution in [0.15, 0.2) is 18.3 Å². The summed E-state index contributed by atoms with van der Waals surface area (Å²) in [5.41, 5.74) is 0.754. The van der Waals surface area contributed by atoms with Crippen molar-refractivity contribution in [2.24, 2.45) is 5.92 Å². The van der Waals surface area contributed by atoms with Gasteiger partial charge in [0.1, 0.15) is 5.82 Å². The first-order valence-electron chi connectivity index (χ1n) is 7.11. The number of hydrogen-bond donors (Lipinski definition) is 2. The molecule has 106 valence electrons. The van der Waals surface area contributed by atoms with Crippen LogP contribution in [-0.2, 0) is 4.79 Å². The van der Waals surface area contributed by atoms with Gasteiger partial charge in [-0.1, -0.05) is 33.6 Å². The molecule has 0 atom stereocenters. The topological polar surface area (TPSA) is 54.0 Å². The number of nitrogens with one attached hydrogen (secondary N) is 2. The number of hydrogen-bond acceptors (Lipinski definition) is 3. The van der Waals surface area contributed by atoms with Gasteiger partial charge in [0.15, 0.2) is 0 Å². The lowest BCUT2D eigenvalue weighted by molar-refractivity contribution is -0.116. The molecule has 0 aliphatic heterocycles. The van der Waals surface area contributed by atoms with E-state index in [0.717, 1.165) is 24.5 Å². The van der Waals surface area contributed by atoms with Gasteiger partial charge in [-0.2, -0.15) is 0 Å². The normalized spacial score (nSPS) is 10.5. The molecule has 1 amide bonds. The van der Waals surface area contributed by atoms with E-state index in [2.05, 4.69) is 22.5 Å². The fraction of sp³-hybridized carbons (Fsp3) is 0.600. The maximum absolute atomic E-state index is 11.6. The Hall–Kier alpha value is -1.58. The van der Waals surface area contributed by atoms with Gasteiger partial charge >= 0.3 is 0 Å². The molecular formula is C15H25N3O. The van der Waals surface area contributed by atoms with Crippen LogP contribution >= 0.6 is 0 Å². The molecule has 4 nitrogen and oxygen atoms in total. The van der Waals surface area contributed by atoms with Crippen molar-refractivity contribution in [3.63, 3.8) is 0 Å². The first-order valence-corrected chi connectivity index (χ1v) is 7.11. The molecule has 0 saturated heterocycles. The van der Waals surface area contributed by atoms with Crippen molar-refractivity contribution in [2.75, 3.05) is 17.2 Å². The van der Waals surface area contributed by atoms with E-state index < -0.39 is 0 Å². The van der Waals surface area contributed by atoms with Gasteiger partial charge in [0.25, 0.3) is 0 Å². The second-order valence-electron chi connectivity index (χ2n) is 5.21. The number of aromatic nitrogens is 1. The summed E-state index contributed by atoms with van der Waals surface area (Å²) in [7, 11) is 0. The molecule has 0 aliphatic carbocycles. The summed E-state index contributed by atoms with van der Waals surface area (Å²) >= 11 is 0. The molecule has 1 rings (SSSR count). The SMILES string of the molecule is CCCCCNc1ccc(NC(=O)CC(C)C)cn1. The van der Waals surface area contributed by atoms with Crippen molar-refractivity contribution < 1.29 is 4.79 Å². The van der Waals surface area contributed by atoms with E-state index in [-0.39, 0.29) is 5.91 Å². The zero-order valence-corrected chi connectivity index (χ0v) is 12.2. The Morgan fingerprint density at radius 3 is 2.68 bits per heavy atom. The van der Waals surface area contributed by atoms with E-state index in [1.165, 1.54) is 12.8 Å². The first kappa shape index (κ1) is 15.5. The third kappa shape index (κ3) is 6.79. The zero-order chi connectivity index (χ0) is 14.1. The average molecular weight is 263 g/mol. The fourth-order valence-electron chi connectivity index (χ4n) is 1.75. The summed E-state index contributed by atoms with van der Waals surface area (Å²) in [5.74, 6) is 1.27. The Balaban J connectivity index is 2.36. The average Bonchev–Trinajstić information content (AvgIpc) is 2.35. The van der Waals surface area contributed by atoms with Gasteiger partial charge in [-0.15, -0.1) is 0 Å². The predicted molar refractivity (Wildman–Crippen MR) is 80.3 cm³/mol. The van der Waals surface area contributed by atoms with Crippen LogP contribution in [0.1, 0.15) is 46.5 Å². The number of unbranched alkanes of at least 4 members (excludes halogenated alkanes) is 2. The summed E-state index contributed by atoms with van der Waals surface area (Å²) in [4.78, 5) is 15.9. The van der Waals surface area contributed by atoms with Crippen molar-refractivity contribution in [3.8, 4) is 0 Å². The zero-order valence-electron chi connectivity index (χ0n) is 12.2. The van der Waals surface area contributed by atoms with Crippen molar-refractivity contribution in [2.45, 2.75) is 46.5 Å². The lowest BCUT2D eigenvalue weighted by Crippen LogP contribution is -2.14. The molecule has 4 heteroatoms. The van der Waals surface area contributed by atoms with Gasteiger partial charge in [0, 0.05) is 13.0 Å². The number of anilines is 2. The monoisotopic (exact) mass is 263 g/mol. The van der Waals surface area contributed by atoms with E-state index in [0.29, 0.717) is 12.3 Å². The minimum atomic E-state index is 0.0421. The quantitative estimate of drug-likeness (QED) is 0.704. The van der Waals surface area contributed by atoms with E-state index in [1.807, 2.05) is 26.0 Å². The summed E-state index contributed by atoms with van der Waals surface area (Å²) in [5, 5.41) is 6.12. The predicted octanol–water partition coefficient (Wildman–Crippen LogP) is 3.67. The van der Waals surface area contributed by atoms with Crippen LogP contribution in [-0.4, -0.2) is 17.4 Å². The minimum Gasteiger partial charge on any atom is -0.370 e. The van der Waals surface area contributed by atoms with Gasteiger partial charge in [0.05, 0.1) is 11.9 Å². The molecule has 0 aromatic carbocycles. The summed E-state index contributed by atoms with van der Waals surface area (Å²) in [6.07, 6.45) is 5.84. The van der Waals surface area contributed by atoms with Crippen LogP contribution in [0.2, 0.25) is 0 Å². The molecule has 1 aromatic heterocycles. The molecule has 0 spiro atoms. The standard InChI is InChI=1S/C15H25N3O/c1-4-5-6-9-16-14-8-7-13(11-17-14)18-15(19)10-12(2)3/h7-8,11-12H,4-6,9-10H2,1-3H3,(H,16,17)(H,18,19). The summed E-state index contributed by atoms with van der Waals surface area (Å²) in [6.45, 7) is 7.19. The molecule has 0 saturated carbocycles. The maximum Gasteiger partial charge on any atom is 0.224 e. The van der Waals surface area contributed by atoms with Crippen molar-refractivity contribution in [1.29, 1.82) is 0 Å². The van der Waals surface area contributed by atoms with Crippen LogP contribution in [0.3, 0.4) is 0 Å². The number of carbonyl (C=O) groups excluding carboxylic acids is 1. The first-order chi connectivity index (χ1) is 9.11. The maximum atomic E-state index is 11.6. The Bertz CT molecular complexity index is 373. The van der Waals surface area contributed by atoms with Crippen molar-refractivity contribution in [1.82, 2.24) is 4.98 Å². The highest BCUT2D eigenvalue weighted by Gasteiger charge is 2.05. The Morgan fingerprint density at radius 2 is 2.11 bits per heavy atom. The summed E-state index contributed by atoms with van der Waals surface area (Å²) < 4.78 is 0. The second-order valence-corrected chi connectivity index (χ2v) is 5.21. The van der Waals surface area contributed by atoms with Gasteiger partial charge in [-0.05, 0) is 24.5 Å². The summed E-state index contributed by atoms with van der Waals surface area (Å²) in [6, 6.07) is 3.78. The molecule has 19 heavy (non-hydrogen) atoms. The van der Waals surface area contributed by atoms with Crippen LogP contribution in [0.25, 0.3) is 0 Å². The van der Waals surface area contributed by atoms with Gasteiger partial charge in [-0.3, -0.25) is 4.79 Å².